The van der Waals surface area contributed by atoms with Gasteiger partial charge in [0.05, 0.1) is 19.8 Å². The summed E-state index contributed by atoms with van der Waals surface area (Å²) in [5.41, 5.74) is 0.791. The van der Waals surface area contributed by atoms with E-state index in [-0.39, 0.29) is 12.4 Å². The van der Waals surface area contributed by atoms with Gasteiger partial charge in [0.1, 0.15) is 5.75 Å². The summed E-state index contributed by atoms with van der Waals surface area (Å²) in [6.07, 6.45) is 0. The fraction of sp³-hybridized carbons (Fsp3) is 0.455. The van der Waals surface area contributed by atoms with Crippen LogP contribution in [0.4, 0.5) is 14.5 Å². The lowest BCUT2D eigenvalue weighted by Gasteiger charge is -2.08. The van der Waals surface area contributed by atoms with Crippen molar-refractivity contribution in [2.75, 3.05) is 31.7 Å². The largest absolute Gasteiger partial charge is 0.435 e. The first kappa shape index (κ1) is 13.7. The Hall–Kier alpha value is -1.40. The number of aliphatic hydroxyl groups is 1. The topological polar surface area (TPSA) is 50.7 Å². The molecule has 0 saturated carbocycles. The summed E-state index contributed by atoms with van der Waals surface area (Å²) in [6.45, 7) is -1.45. The Bertz CT molecular complexity index is 306. The van der Waals surface area contributed by atoms with E-state index in [4.69, 9.17) is 9.84 Å². The van der Waals surface area contributed by atoms with Crippen molar-refractivity contribution in [1.29, 1.82) is 0 Å². The number of ether oxygens (including phenoxy) is 2. The molecular formula is C11H15F2NO3. The van der Waals surface area contributed by atoms with Crippen LogP contribution in [0.5, 0.6) is 5.75 Å². The van der Waals surface area contributed by atoms with Gasteiger partial charge in [0.25, 0.3) is 0 Å². The summed E-state index contributed by atoms with van der Waals surface area (Å²) in [5.74, 6) is 0.127. The third-order valence-corrected chi connectivity index (χ3v) is 1.89. The molecule has 0 bridgehead atoms. The second kappa shape index (κ2) is 7.81. The lowest BCUT2D eigenvalue weighted by atomic mass is 10.3. The normalized spacial score (nSPS) is 10.6. The van der Waals surface area contributed by atoms with Gasteiger partial charge >= 0.3 is 6.61 Å². The number of rotatable bonds is 8. The molecule has 0 saturated heterocycles. The molecule has 1 aromatic rings. The van der Waals surface area contributed by atoms with Crippen LogP contribution in [0.25, 0.3) is 0 Å². The Morgan fingerprint density at radius 3 is 2.47 bits per heavy atom. The van der Waals surface area contributed by atoms with Crippen molar-refractivity contribution in [3.05, 3.63) is 24.3 Å². The zero-order valence-electron chi connectivity index (χ0n) is 9.23. The third-order valence-electron chi connectivity index (χ3n) is 1.89. The number of aliphatic hydroxyl groups excluding tert-OH is 1. The van der Waals surface area contributed by atoms with E-state index < -0.39 is 6.61 Å². The summed E-state index contributed by atoms with van der Waals surface area (Å²) >= 11 is 0. The molecule has 0 spiro atoms. The van der Waals surface area contributed by atoms with E-state index in [1.54, 1.807) is 12.1 Å². The molecule has 0 unspecified atom stereocenters. The highest BCUT2D eigenvalue weighted by molar-refractivity contribution is 5.46. The van der Waals surface area contributed by atoms with Gasteiger partial charge in [-0.05, 0) is 24.3 Å². The lowest BCUT2D eigenvalue weighted by molar-refractivity contribution is -0.0498. The molecule has 0 heterocycles. The summed E-state index contributed by atoms with van der Waals surface area (Å²) in [7, 11) is 0. The first-order chi connectivity index (χ1) is 8.22. The number of benzene rings is 1. The number of anilines is 1. The van der Waals surface area contributed by atoms with Crippen LogP contribution in [0, 0.1) is 0 Å². The first-order valence-electron chi connectivity index (χ1n) is 5.19. The van der Waals surface area contributed by atoms with Crippen molar-refractivity contribution in [1.82, 2.24) is 0 Å². The molecule has 2 N–H and O–H groups in total. The number of hydrogen-bond donors (Lipinski definition) is 2. The highest BCUT2D eigenvalue weighted by Crippen LogP contribution is 2.17. The van der Waals surface area contributed by atoms with E-state index in [1.807, 2.05) is 0 Å². The zero-order valence-corrected chi connectivity index (χ0v) is 9.23. The fourth-order valence-electron chi connectivity index (χ4n) is 1.19. The molecule has 0 fully saturated rings. The second-order valence-corrected chi connectivity index (χ2v) is 3.17. The lowest BCUT2D eigenvalue weighted by Crippen LogP contribution is -2.11. The van der Waals surface area contributed by atoms with E-state index in [1.165, 1.54) is 12.1 Å². The highest BCUT2D eigenvalue weighted by Gasteiger charge is 2.03. The standard InChI is InChI=1S/C11H15F2NO3/c12-11(13)17-10-3-1-9(2-4-10)14-5-7-16-8-6-15/h1-4,11,14-15H,5-8H2. The maximum atomic E-state index is 11.9. The Balaban J connectivity index is 2.25. The smallest absolute Gasteiger partial charge is 0.387 e. The molecule has 0 amide bonds. The van der Waals surface area contributed by atoms with Gasteiger partial charge in [0, 0.05) is 12.2 Å². The predicted octanol–water partition coefficient (Wildman–Crippen LogP) is 1.71. The van der Waals surface area contributed by atoms with Gasteiger partial charge in [-0.1, -0.05) is 0 Å². The molecule has 4 nitrogen and oxygen atoms in total. The minimum absolute atomic E-state index is 0.000333. The summed E-state index contributed by atoms with van der Waals surface area (Å²) in [5, 5.41) is 11.5. The molecule has 0 aromatic heterocycles. The summed E-state index contributed by atoms with van der Waals surface area (Å²) < 4.78 is 33.0. The fourth-order valence-corrected chi connectivity index (χ4v) is 1.19. The van der Waals surface area contributed by atoms with E-state index in [2.05, 4.69) is 10.1 Å². The van der Waals surface area contributed by atoms with E-state index in [0.29, 0.717) is 19.8 Å². The molecule has 0 atom stereocenters. The van der Waals surface area contributed by atoms with Crippen molar-refractivity contribution in [2.45, 2.75) is 6.61 Å². The molecule has 0 aliphatic rings. The van der Waals surface area contributed by atoms with Crippen molar-refractivity contribution in [3.63, 3.8) is 0 Å². The van der Waals surface area contributed by atoms with Crippen LogP contribution in [0.1, 0.15) is 0 Å². The van der Waals surface area contributed by atoms with Gasteiger partial charge in [0.15, 0.2) is 0 Å². The van der Waals surface area contributed by atoms with Crippen LogP contribution in [0.15, 0.2) is 24.3 Å². The van der Waals surface area contributed by atoms with Gasteiger partial charge in [-0.3, -0.25) is 0 Å². The SMILES string of the molecule is OCCOCCNc1ccc(OC(F)F)cc1. The maximum Gasteiger partial charge on any atom is 0.387 e. The monoisotopic (exact) mass is 247 g/mol. The number of hydrogen-bond acceptors (Lipinski definition) is 4. The van der Waals surface area contributed by atoms with Crippen LogP contribution in [0.3, 0.4) is 0 Å². The Morgan fingerprint density at radius 1 is 1.18 bits per heavy atom. The van der Waals surface area contributed by atoms with Crippen LogP contribution < -0.4 is 10.1 Å². The number of nitrogens with one attached hydrogen (secondary N) is 1. The van der Waals surface area contributed by atoms with Crippen molar-refractivity contribution in [3.8, 4) is 5.75 Å². The molecule has 96 valence electrons. The van der Waals surface area contributed by atoms with Gasteiger partial charge in [-0.25, -0.2) is 0 Å². The minimum atomic E-state index is -2.80. The van der Waals surface area contributed by atoms with Gasteiger partial charge in [0.2, 0.25) is 0 Å². The highest BCUT2D eigenvalue weighted by atomic mass is 19.3. The third kappa shape index (κ3) is 6.03. The quantitative estimate of drug-likeness (QED) is 0.687. The molecule has 0 radical (unpaired) electrons. The van der Waals surface area contributed by atoms with Crippen molar-refractivity contribution in [2.24, 2.45) is 0 Å². The van der Waals surface area contributed by atoms with E-state index in [0.717, 1.165) is 5.69 Å². The van der Waals surface area contributed by atoms with Crippen LogP contribution in [-0.4, -0.2) is 38.1 Å². The van der Waals surface area contributed by atoms with Crippen molar-refractivity contribution >= 4 is 5.69 Å². The minimum Gasteiger partial charge on any atom is -0.435 e. The summed E-state index contributed by atoms with van der Waals surface area (Å²) in [6, 6.07) is 6.21. The summed E-state index contributed by atoms with van der Waals surface area (Å²) in [4.78, 5) is 0. The molecule has 0 aliphatic carbocycles. The second-order valence-electron chi connectivity index (χ2n) is 3.17. The van der Waals surface area contributed by atoms with Crippen LogP contribution in [-0.2, 0) is 4.74 Å². The molecule has 17 heavy (non-hydrogen) atoms. The molecular weight excluding hydrogens is 232 g/mol. The van der Waals surface area contributed by atoms with E-state index in [9.17, 15) is 8.78 Å². The molecule has 1 aromatic carbocycles. The van der Waals surface area contributed by atoms with E-state index >= 15 is 0 Å². The van der Waals surface area contributed by atoms with Crippen LogP contribution >= 0.6 is 0 Å². The maximum absolute atomic E-state index is 11.9. The van der Waals surface area contributed by atoms with Gasteiger partial charge in [-0.15, -0.1) is 0 Å². The Labute approximate surface area is 98.2 Å². The van der Waals surface area contributed by atoms with Gasteiger partial charge in [-0.2, -0.15) is 8.78 Å². The van der Waals surface area contributed by atoms with Crippen LogP contribution in [0.2, 0.25) is 0 Å². The molecule has 1 rings (SSSR count). The zero-order chi connectivity index (χ0) is 12.5. The van der Waals surface area contributed by atoms with Gasteiger partial charge < -0.3 is 19.9 Å². The number of halogens is 2. The Morgan fingerprint density at radius 2 is 1.88 bits per heavy atom. The first-order valence-corrected chi connectivity index (χ1v) is 5.19. The molecule has 6 heteroatoms. The average Bonchev–Trinajstić information content (AvgIpc) is 2.30. The van der Waals surface area contributed by atoms with Crippen molar-refractivity contribution < 1.29 is 23.4 Å². The molecule has 0 aliphatic heterocycles. The average molecular weight is 247 g/mol. The number of alkyl halides is 2. The Kier molecular flexibility index (Phi) is 6.27. The predicted molar refractivity (Wildman–Crippen MR) is 59.5 cm³/mol.